The molecular weight excluding hydrogens is 252 g/mol. The van der Waals surface area contributed by atoms with Crippen molar-refractivity contribution in [2.45, 2.75) is 12.8 Å². The smallest absolute Gasteiger partial charge is 0.226 e. The molecule has 1 aromatic carbocycles. The molecule has 1 heterocycles. The summed E-state index contributed by atoms with van der Waals surface area (Å²) >= 11 is 0. The number of hydrogen-bond donors (Lipinski definition) is 0. The number of Topliss-reactive ketones (excluding diaryl/α,β-unsaturated/α-hetero) is 1. The Hall–Kier alpha value is -1.68. The Morgan fingerprint density at radius 3 is 2.55 bits per heavy atom. The van der Waals surface area contributed by atoms with Crippen LogP contribution in [0, 0.1) is 5.92 Å². The number of rotatable bonds is 1. The van der Waals surface area contributed by atoms with E-state index in [0.29, 0.717) is 12.8 Å². The summed E-state index contributed by atoms with van der Waals surface area (Å²) in [5.74, 6) is 0.0982. The van der Waals surface area contributed by atoms with Crippen LogP contribution in [0.3, 0.4) is 0 Å². The van der Waals surface area contributed by atoms with Gasteiger partial charge in [-0.05, 0) is 19.0 Å². The number of carbonyl (C=O) groups is 2. The van der Waals surface area contributed by atoms with Gasteiger partial charge in [-0.2, -0.15) is 0 Å². The summed E-state index contributed by atoms with van der Waals surface area (Å²) in [5.41, 5.74) is 1.83. The molecule has 20 heavy (non-hydrogen) atoms. The number of benzene rings is 1. The molecule has 2 aliphatic rings. The lowest BCUT2D eigenvalue weighted by Crippen LogP contribution is -2.50. The van der Waals surface area contributed by atoms with Gasteiger partial charge in [-0.1, -0.05) is 24.3 Å². The third-order valence-corrected chi connectivity index (χ3v) is 4.38. The molecule has 1 unspecified atom stereocenters. The monoisotopic (exact) mass is 272 g/mol. The van der Waals surface area contributed by atoms with Crippen LogP contribution >= 0.6 is 0 Å². The fourth-order valence-electron chi connectivity index (χ4n) is 3.10. The highest BCUT2D eigenvalue weighted by Gasteiger charge is 2.33. The number of nitrogens with zero attached hydrogens (tertiary/aromatic N) is 2. The second-order valence-corrected chi connectivity index (χ2v) is 5.81. The van der Waals surface area contributed by atoms with Gasteiger partial charge in [0.1, 0.15) is 0 Å². The van der Waals surface area contributed by atoms with Crippen molar-refractivity contribution in [3.05, 3.63) is 35.4 Å². The molecule has 1 atom stereocenters. The van der Waals surface area contributed by atoms with Gasteiger partial charge < -0.3 is 9.80 Å². The molecule has 0 bridgehead atoms. The van der Waals surface area contributed by atoms with Crippen LogP contribution in [0.2, 0.25) is 0 Å². The quantitative estimate of drug-likeness (QED) is 0.771. The summed E-state index contributed by atoms with van der Waals surface area (Å²) in [5, 5.41) is 0. The zero-order valence-electron chi connectivity index (χ0n) is 11.8. The molecule has 106 valence electrons. The maximum absolute atomic E-state index is 12.6. The minimum Gasteiger partial charge on any atom is -0.340 e. The maximum atomic E-state index is 12.6. The molecular formula is C16H20N2O2. The molecule has 0 saturated carbocycles. The second kappa shape index (κ2) is 5.37. The first-order valence-electron chi connectivity index (χ1n) is 7.23. The maximum Gasteiger partial charge on any atom is 0.226 e. The normalized spacial score (nSPS) is 23.6. The summed E-state index contributed by atoms with van der Waals surface area (Å²) in [6, 6.07) is 7.67. The summed E-state index contributed by atoms with van der Waals surface area (Å²) < 4.78 is 0. The van der Waals surface area contributed by atoms with Crippen LogP contribution in [0.25, 0.3) is 0 Å². The largest absolute Gasteiger partial charge is 0.340 e. The topological polar surface area (TPSA) is 40.6 Å². The Bertz CT molecular complexity index is 533. The van der Waals surface area contributed by atoms with E-state index in [9.17, 15) is 9.59 Å². The predicted molar refractivity (Wildman–Crippen MR) is 76.7 cm³/mol. The van der Waals surface area contributed by atoms with E-state index >= 15 is 0 Å². The lowest BCUT2D eigenvalue weighted by atomic mass is 9.82. The molecule has 0 N–H and O–H groups in total. The molecule has 1 aliphatic carbocycles. The molecule has 4 nitrogen and oxygen atoms in total. The van der Waals surface area contributed by atoms with Crippen molar-refractivity contribution >= 4 is 11.7 Å². The first-order valence-corrected chi connectivity index (χ1v) is 7.23. The Morgan fingerprint density at radius 1 is 1.10 bits per heavy atom. The number of carbonyl (C=O) groups excluding carboxylic acids is 2. The van der Waals surface area contributed by atoms with Crippen molar-refractivity contribution in [2.24, 2.45) is 5.92 Å². The number of ketones is 1. The zero-order chi connectivity index (χ0) is 14.1. The van der Waals surface area contributed by atoms with E-state index in [4.69, 9.17) is 0 Å². The van der Waals surface area contributed by atoms with Crippen molar-refractivity contribution in [1.82, 2.24) is 9.80 Å². The van der Waals surface area contributed by atoms with Crippen molar-refractivity contribution in [3.8, 4) is 0 Å². The second-order valence-electron chi connectivity index (χ2n) is 5.81. The Labute approximate surface area is 119 Å². The number of likely N-dealkylation sites (N-methyl/N-ethyl adjacent to an activating group) is 1. The van der Waals surface area contributed by atoms with Crippen LogP contribution in [0.4, 0.5) is 0 Å². The minimum absolute atomic E-state index is 0.110. The zero-order valence-corrected chi connectivity index (χ0v) is 11.8. The van der Waals surface area contributed by atoms with Gasteiger partial charge in [0.15, 0.2) is 5.78 Å². The standard InChI is InChI=1S/C16H20N2O2/c1-17-6-8-18(9-7-17)16(20)13-10-12-4-2-3-5-14(12)15(19)11-13/h2-5,13H,6-11H2,1H3. The SMILES string of the molecule is CN1CCN(C(=O)C2CC(=O)c3ccccc3C2)CC1. The predicted octanol–water partition coefficient (Wildman–Crippen LogP) is 1.21. The van der Waals surface area contributed by atoms with Gasteiger partial charge in [0.05, 0.1) is 0 Å². The van der Waals surface area contributed by atoms with Crippen LogP contribution in [0.1, 0.15) is 22.3 Å². The van der Waals surface area contributed by atoms with Gasteiger partial charge >= 0.3 is 0 Å². The van der Waals surface area contributed by atoms with Gasteiger partial charge in [0.2, 0.25) is 5.91 Å². The average Bonchev–Trinajstić information content (AvgIpc) is 2.47. The number of piperazine rings is 1. The fourth-order valence-corrected chi connectivity index (χ4v) is 3.10. The molecule has 1 fully saturated rings. The third kappa shape index (κ3) is 2.48. The molecule has 3 rings (SSSR count). The van der Waals surface area contributed by atoms with E-state index in [1.54, 1.807) is 0 Å². The van der Waals surface area contributed by atoms with E-state index in [2.05, 4.69) is 11.9 Å². The summed E-state index contributed by atoms with van der Waals surface area (Å²) in [6.07, 6.45) is 1.06. The number of amides is 1. The van der Waals surface area contributed by atoms with Crippen LogP contribution < -0.4 is 0 Å². The van der Waals surface area contributed by atoms with Crippen molar-refractivity contribution < 1.29 is 9.59 Å². The van der Waals surface area contributed by atoms with Gasteiger partial charge in [0.25, 0.3) is 0 Å². The van der Waals surface area contributed by atoms with E-state index in [1.807, 2.05) is 29.2 Å². The molecule has 1 aliphatic heterocycles. The number of fused-ring (bicyclic) bond motifs is 1. The highest BCUT2D eigenvalue weighted by molar-refractivity contribution is 6.01. The summed E-state index contributed by atoms with van der Waals surface area (Å²) in [4.78, 5) is 28.9. The van der Waals surface area contributed by atoms with Crippen LogP contribution in [0.15, 0.2) is 24.3 Å². The van der Waals surface area contributed by atoms with Gasteiger partial charge in [0, 0.05) is 44.1 Å². The molecule has 4 heteroatoms. The number of hydrogen-bond acceptors (Lipinski definition) is 3. The highest BCUT2D eigenvalue weighted by atomic mass is 16.2. The summed E-state index contributed by atoms with van der Waals surface area (Å²) in [7, 11) is 2.07. The van der Waals surface area contributed by atoms with Crippen LogP contribution in [-0.2, 0) is 11.2 Å². The Balaban J connectivity index is 1.73. The molecule has 0 spiro atoms. The lowest BCUT2D eigenvalue weighted by molar-refractivity contribution is -0.137. The molecule has 1 amide bonds. The van der Waals surface area contributed by atoms with Crippen molar-refractivity contribution in [1.29, 1.82) is 0 Å². The van der Waals surface area contributed by atoms with E-state index in [-0.39, 0.29) is 17.6 Å². The Morgan fingerprint density at radius 2 is 1.80 bits per heavy atom. The molecule has 1 aromatic rings. The van der Waals surface area contributed by atoms with Crippen LogP contribution in [-0.4, -0.2) is 54.7 Å². The lowest BCUT2D eigenvalue weighted by Gasteiger charge is -2.35. The average molecular weight is 272 g/mol. The van der Waals surface area contributed by atoms with E-state index in [1.165, 1.54) is 0 Å². The highest BCUT2D eigenvalue weighted by Crippen LogP contribution is 2.27. The fraction of sp³-hybridized carbons (Fsp3) is 0.500. The van der Waals surface area contributed by atoms with Crippen molar-refractivity contribution in [3.63, 3.8) is 0 Å². The van der Waals surface area contributed by atoms with Crippen molar-refractivity contribution in [2.75, 3.05) is 33.2 Å². The van der Waals surface area contributed by atoms with E-state index in [0.717, 1.165) is 37.3 Å². The van der Waals surface area contributed by atoms with Gasteiger partial charge in [-0.25, -0.2) is 0 Å². The van der Waals surface area contributed by atoms with Gasteiger partial charge in [-0.3, -0.25) is 9.59 Å². The third-order valence-electron chi connectivity index (χ3n) is 4.38. The first-order chi connectivity index (χ1) is 9.65. The molecule has 0 radical (unpaired) electrons. The molecule has 0 aromatic heterocycles. The summed E-state index contributed by atoms with van der Waals surface area (Å²) in [6.45, 7) is 3.40. The van der Waals surface area contributed by atoms with Gasteiger partial charge in [-0.15, -0.1) is 0 Å². The first kappa shape index (κ1) is 13.3. The Kier molecular flexibility index (Phi) is 3.57. The van der Waals surface area contributed by atoms with Crippen LogP contribution in [0.5, 0.6) is 0 Å². The molecule has 1 saturated heterocycles. The van der Waals surface area contributed by atoms with E-state index < -0.39 is 0 Å². The minimum atomic E-state index is -0.166.